The van der Waals surface area contributed by atoms with Crippen molar-refractivity contribution in [3.63, 3.8) is 0 Å². The van der Waals surface area contributed by atoms with Crippen molar-refractivity contribution in [3.05, 3.63) is 0 Å². The van der Waals surface area contributed by atoms with Gasteiger partial charge in [-0.15, -0.1) is 11.6 Å². The van der Waals surface area contributed by atoms with Gasteiger partial charge in [0.2, 0.25) is 5.91 Å². The molecule has 15 heavy (non-hydrogen) atoms. The molecule has 84 valence electrons. The Balaban J connectivity index is 2.02. The fourth-order valence-corrected chi connectivity index (χ4v) is 2.30. The van der Waals surface area contributed by atoms with Crippen LogP contribution in [-0.4, -0.2) is 39.8 Å². The summed E-state index contributed by atoms with van der Waals surface area (Å²) >= 11 is 5.85. The van der Waals surface area contributed by atoms with E-state index in [4.69, 9.17) is 16.7 Å². The maximum absolute atomic E-state index is 11.5. The molecule has 2 rings (SSSR count). The number of likely N-dealkylation sites (tertiary alicyclic amines) is 1. The third kappa shape index (κ3) is 2.43. The third-order valence-corrected chi connectivity index (χ3v) is 3.32. The smallest absolute Gasteiger partial charge is 0.326 e. The van der Waals surface area contributed by atoms with Gasteiger partial charge in [-0.25, -0.2) is 4.79 Å². The molecule has 1 saturated heterocycles. The molecule has 0 radical (unpaired) electrons. The zero-order chi connectivity index (χ0) is 11.0. The highest BCUT2D eigenvalue weighted by atomic mass is 35.5. The maximum Gasteiger partial charge on any atom is 0.326 e. The fourth-order valence-electron chi connectivity index (χ4n) is 2.02. The van der Waals surface area contributed by atoms with Crippen LogP contribution in [-0.2, 0) is 9.59 Å². The number of halogens is 1. The van der Waals surface area contributed by atoms with E-state index in [9.17, 15) is 9.59 Å². The molecule has 1 heterocycles. The number of hydrogen-bond acceptors (Lipinski definition) is 2. The monoisotopic (exact) mass is 231 g/mol. The first-order chi connectivity index (χ1) is 7.08. The van der Waals surface area contributed by atoms with E-state index in [1.165, 1.54) is 4.90 Å². The van der Waals surface area contributed by atoms with Crippen molar-refractivity contribution in [1.82, 2.24) is 4.90 Å². The molecular formula is C10H14ClNO3. The van der Waals surface area contributed by atoms with Crippen molar-refractivity contribution in [3.8, 4) is 0 Å². The van der Waals surface area contributed by atoms with Crippen molar-refractivity contribution >= 4 is 23.5 Å². The van der Waals surface area contributed by atoms with Crippen LogP contribution in [0.4, 0.5) is 0 Å². The quantitative estimate of drug-likeness (QED) is 0.737. The lowest BCUT2D eigenvalue weighted by molar-refractivity contribution is -0.148. The summed E-state index contributed by atoms with van der Waals surface area (Å²) in [7, 11) is 0. The van der Waals surface area contributed by atoms with Crippen LogP contribution < -0.4 is 0 Å². The molecule has 2 atom stereocenters. The Morgan fingerprint density at radius 3 is 2.67 bits per heavy atom. The number of amides is 1. The number of rotatable bonds is 4. The molecule has 0 bridgehead atoms. The van der Waals surface area contributed by atoms with Crippen LogP contribution in [0, 0.1) is 5.92 Å². The molecule has 2 fully saturated rings. The number of aliphatic carboxylic acids is 1. The van der Waals surface area contributed by atoms with E-state index in [0.717, 1.165) is 12.8 Å². The summed E-state index contributed by atoms with van der Waals surface area (Å²) in [4.78, 5) is 24.0. The van der Waals surface area contributed by atoms with Crippen molar-refractivity contribution < 1.29 is 14.7 Å². The van der Waals surface area contributed by atoms with Crippen LogP contribution in [0.25, 0.3) is 0 Å². The largest absolute Gasteiger partial charge is 0.480 e. The lowest BCUT2D eigenvalue weighted by atomic mass is 10.1. The highest BCUT2D eigenvalue weighted by Crippen LogP contribution is 2.35. The number of nitrogens with zero attached hydrogens (tertiary/aromatic N) is 1. The van der Waals surface area contributed by atoms with E-state index in [1.807, 2.05) is 0 Å². The molecule has 1 aliphatic heterocycles. The minimum Gasteiger partial charge on any atom is -0.480 e. The molecule has 0 spiro atoms. The first kappa shape index (κ1) is 10.7. The average molecular weight is 232 g/mol. The summed E-state index contributed by atoms with van der Waals surface area (Å²) in [5.41, 5.74) is 0. The molecule has 1 N–H and O–H groups in total. The Morgan fingerprint density at radius 1 is 1.60 bits per heavy atom. The predicted molar refractivity (Wildman–Crippen MR) is 54.7 cm³/mol. The van der Waals surface area contributed by atoms with Gasteiger partial charge in [0.05, 0.1) is 5.38 Å². The van der Waals surface area contributed by atoms with Crippen molar-refractivity contribution in [2.75, 3.05) is 6.54 Å². The zero-order valence-corrected chi connectivity index (χ0v) is 9.11. The molecule has 1 amide bonds. The minimum absolute atomic E-state index is 0.122. The number of carbonyl (C=O) groups excluding carboxylic acids is 1. The van der Waals surface area contributed by atoms with Crippen LogP contribution >= 0.6 is 11.6 Å². The number of carboxylic acids is 1. The van der Waals surface area contributed by atoms with Gasteiger partial charge in [0.1, 0.15) is 6.04 Å². The highest BCUT2D eigenvalue weighted by molar-refractivity contribution is 6.22. The number of carboxylic acid groups (broad SMARTS) is 1. The first-order valence-corrected chi connectivity index (χ1v) is 5.68. The van der Waals surface area contributed by atoms with E-state index in [2.05, 4.69) is 0 Å². The number of hydrogen-bond donors (Lipinski definition) is 1. The SMILES string of the molecule is O=C(O)C(CC1CC1)N1CC(Cl)CC1=O. The zero-order valence-electron chi connectivity index (χ0n) is 8.36. The highest BCUT2D eigenvalue weighted by Gasteiger charge is 2.39. The summed E-state index contributed by atoms with van der Waals surface area (Å²) in [6.07, 6.45) is 3.05. The average Bonchev–Trinajstić information content (AvgIpc) is 2.88. The van der Waals surface area contributed by atoms with Gasteiger partial charge >= 0.3 is 5.97 Å². The summed E-state index contributed by atoms with van der Waals surface area (Å²) in [6.45, 7) is 0.379. The van der Waals surface area contributed by atoms with Gasteiger partial charge in [-0.1, -0.05) is 12.8 Å². The second-order valence-electron chi connectivity index (χ2n) is 4.38. The van der Waals surface area contributed by atoms with Crippen LogP contribution in [0.1, 0.15) is 25.7 Å². The summed E-state index contributed by atoms with van der Waals surface area (Å²) < 4.78 is 0. The molecule has 0 aromatic rings. The summed E-state index contributed by atoms with van der Waals surface area (Å²) in [6, 6.07) is -0.659. The lowest BCUT2D eigenvalue weighted by Gasteiger charge is -2.24. The molecule has 0 aromatic carbocycles. The van der Waals surface area contributed by atoms with Gasteiger partial charge in [-0.3, -0.25) is 4.79 Å². The second kappa shape index (κ2) is 4.00. The maximum atomic E-state index is 11.5. The van der Waals surface area contributed by atoms with Crippen LogP contribution in [0.15, 0.2) is 0 Å². The summed E-state index contributed by atoms with van der Waals surface area (Å²) in [5, 5.41) is 8.85. The van der Waals surface area contributed by atoms with E-state index in [0.29, 0.717) is 18.9 Å². The number of alkyl halides is 1. The summed E-state index contributed by atoms with van der Waals surface area (Å²) in [5.74, 6) is -0.530. The van der Waals surface area contributed by atoms with E-state index in [1.54, 1.807) is 0 Å². The van der Waals surface area contributed by atoms with Gasteiger partial charge < -0.3 is 10.0 Å². The number of carbonyl (C=O) groups is 2. The molecule has 2 unspecified atom stereocenters. The van der Waals surface area contributed by atoms with Crippen molar-refractivity contribution in [1.29, 1.82) is 0 Å². The molecule has 1 aliphatic carbocycles. The Kier molecular flexibility index (Phi) is 2.87. The van der Waals surface area contributed by atoms with Gasteiger partial charge in [0, 0.05) is 13.0 Å². The topological polar surface area (TPSA) is 57.6 Å². The Bertz CT molecular complexity index is 290. The molecule has 1 saturated carbocycles. The van der Waals surface area contributed by atoms with E-state index >= 15 is 0 Å². The molecule has 0 aromatic heterocycles. The fraction of sp³-hybridized carbons (Fsp3) is 0.800. The Morgan fingerprint density at radius 2 is 2.27 bits per heavy atom. The van der Waals surface area contributed by atoms with Gasteiger partial charge in [0.15, 0.2) is 0 Å². The minimum atomic E-state index is -0.902. The third-order valence-electron chi connectivity index (χ3n) is 3.03. The standard InChI is InChI=1S/C10H14ClNO3/c11-7-4-9(13)12(5-7)8(10(14)15)3-6-1-2-6/h6-8H,1-5H2,(H,14,15). The van der Waals surface area contributed by atoms with E-state index < -0.39 is 12.0 Å². The van der Waals surface area contributed by atoms with Crippen LogP contribution in [0.3, 0.4) is 0 Å². The normalized spacial score (nSPS) is 28.2. The van der Waals surface area contributed by atoms with Crippen LogP contribution in [0.5, 0.6) is 0 Å². The van der Waals surface area contributed by atoms with E-state index in [-0.39, 0.29) is 17.7 Å². The van der Waals surface area contributed by atoms with Gasteiger partial charge in [-0.2, -0.15) is 0 Å². The van der Waals surface area contributed by atoms with Gasteiger partial charge in [-0.05, 0) is 12.3 Å². The molecule has 4 nitrogen and oxygen atoms in total. The van der Waals surface area contributed by atoms with Crippen LogP contribution in [0.2, 0.25) is 0 Å². The van der Waals surface area contributed by atoms with Crippen molar-refractivity contribution in [2.45, 2.75) is 37.1 Å². The Hall–Kier alpha value is -0.770. The predicted octanol–water partition coefficient (Wildman–Crippen LogP) is 1.08. The molecule has 5 heteroatoms. The van der Waals surface area contributed by atoms with Crippen molar-refractivity contribution in [2.24, 2.45) is 5.92 Å². The Labute approximate surface area is 93.2 Å². The van der Waals surface area contributed by atoms with Gasteiger partial charge in [0.25, 0.3) is 0 Å². The second-order valence-corrected chi connectivity index (χ2v) is 5.00. The molecule has 2 aliphatic rings. The lowest BCUT2D eigenvalue weighted by Crippen LogP contribution is -2.42. The molecular weight excluding hydrogens is 218 g/mol. The first-order valence-electron chi connectivity index (χ1n) is 5.24.